The molecule has 0 radical (unpaired) electrons. The van der Waals surface area contributed by atoms with Gasteiger partial charge < -0.3 is 10.2 Å². The molecule has 1 unspecified atom stereocenters. The molecular formula is C11H14O4. The molecule has 2 bridgehead atoms. The Labute approximate surface area is 87.6 Å². The number of carbonyl (C=O) groups is 2. The van der Waals surface area contributed by atoms with Gasteiger partial charge >= 0.3 is 11.9 Å². The molecule has 3 aliphatic rings. The Morgan fingerprint density at radius 2 is 1.67 bits per heavy atom. The largest absolute Gasteiger partial charge is 0.480 e. The Morgan fingerprint density at radius 1 is 1.20 bits per heavy atom. The van der Waals surface area contributed by atoms with Crippen LogP contribution in [0.4, 0.5) is 0 Å². The zero-order valence-electron chi connectivity index (χ0n) is 9.00. The molecule has 3 aliphatic carbocycles. The van der Waals surface area contributed by atoms with E-state index in [1.165, 1.54) is 6.08 Å². The molecule has 0 aliphatic heterocycles. The lowest BCUT2D eigenvalue weighted by Crippen LogP contribution is -2.57. The fourth-order valence-corrected chi connectivity index (χ4v) is 3.04. The van der Waals surface area contributed by atoms with E-state index < -0.39 is 22.8 Å². The van der Waals surface area contributed by atoms with E-state index >= 15 is 0 Å². The maximum atomic E-state index is 11.3. The third-order valence-corrected chi connectivity index (χ3v) is 4.66. The Morgan fingerprint density at radius 3 is 1.80 bits per heavy atom. The quantitative estimate of drug-likeness (QED) is 0.535. The first kappa shape index (κ1) is 10.2. The van der Waals surface area contributed by atoms with Crippen molar-refractivity contribution in [2.45, 2.75) is 27.2 Å². The van der Waals surface area contributed by atoms with Gasteiger partial charge in [0, 0.05) is 5.41 Å². The van der Waals surface area contributed by atoms with Crippen LogP contribution in [0.3, 0.4) is 0 Å². The minimum Gasteiger partial charge on any atom is -0.480 e. The predicted molar refractivity (Wildman–Crippen MR) is 52.3 cm³/mol. The molecule has 0 spiro atoms. The molecule has 82 valence electrons. The number of carboxylic acids is 2. The molecule has 0 aromatic rings. The van der Waals surface area contributed by atoms with Gasteiger partial charge in [-0.25, -0.2) is 0 Å². The Hall–Kier alpha value is -1.32. The highest BCUT2D eigenvalue weighted by Gasteiger charge is 2.75. The maximum Gasteiger partial charge on any atom is 0.325 e. The Balaban J connectivity index is 2.63. The number of carboxylic acid groups (broad SMARTS) is 2. The van der Waals surface area contributed by atoms with Gasteiger partial charge in [-0.3, -0.25) is 9.59 Å². The number of hydrogen-bond acceptors (Lipinski definition) is 2. The fourth-order valence-electron chi connectivity index (χ4n) is 3.04. The summed E-state index contributed by atoms with van der Waals surface area (Å²) in [5.41, 5.74) is -1.79. The van der Waals surface area contributed by atoms with Crippen LogP contribution >= 0.6 is 0 Å². The first-order valence-corrected chi connectivity index (χ1v) is 4.89. The first-order valence-electron chi connectivity index (χ1n) is 4.89. The van der Waals surface area contributed by atoms with E-state index in [2.05, 4.69) is 0 Å². The summed E-state index contributed by atoms with van der Waals surface area (Å²) in [5.74, 6) is -2.50. The van der Waals surface area contributed by atoms with Crippen LogP contribution in [-0.4, -0.2) is 22.2 Å². The van der Waals surface area contributed by atoms with Crippen LogP contribution in [0, 0.1) is 16.2 Å². The second-order valence-corrected chi connectivity index (χ2v) is 5.22. The molecule has 2 N–H and O–H groups in total. The number of rotatable bonds is 2. The van der Waals surface area contributed by atoms with Crippen molar-refractivity contribution in [1.29, 1.82) is 0 Å². The molecule has 0 heterocycles. The number of aliphatic carboxylic acids is 2. The molecule has 0 saturated heterocycles. The fraction of sp³-hybridized carbons (Fsp3) is 0.636. The van der Waals surface area contributed by atoms with Crippen molar-refractivity contribution in [1.82, 2.24) is 0 Å². The summed E-state index contributed by atoms with van der Waals surface area (Å²) in [6.07, 6.45) is 2.02. The molecule has 1 fully saturated rings. The van der Waals surface area contributed by atoms with Gasteiger partial charge in [-0.1, -0.05) is 32.4 Å². The number of allylic oxidation sites excluding steroid dienone is 1. The molecule has 4 heteroatoms. The number of fused-ring (bicyclic) bond motifs is 1. The SMILES string of the molecule is CC1(C)C2=CC(C(=O)O)(C(=O)O)C1(C)C2. The first-order chi connectivity index (χ1) is 6.70. The maximum absolute atomic E-state index is 11.3. The summed E-state index contributed by atoms with van der Waals surface area (Å²) in [7, 11) is 0. The lowest BCUT2D eigenvalue weighted by molar-refractivity contribution is -0.176. The third kappa shape index (κ3) is 0.724. The van der Waals surface area contributed by atoms with Gasteiger partial charge in [0.25, 0.3) is 0 Å². The minimum atomic E-state index is -1.73. The van der Waals surface area contributed by atoms with Crippen LogP contribution in [-0.2, 0) is 9.59 Å². The lowest BCUT2D eigenvalue weighted by atomic mass is 9.47. The van der Waals surface area contributed by atoms with Crippen molar-refractivity contribution >= 4 is 11.9 Å². The average Bonchev–Trinajstić information content (AvgIpc) is 2.50. The van der Waals surface area contributed by atoms with Crippen LogP contribution in [0.2, 0.25) is 0 Å². The van der Waals surface area contributed by atoms with Gasteiger partial charge in [0.1, 0.15) is 0 Å². The van der Waals surface area contributed by atoms with Gasteiger partial charge in [-0.15, -0.1) is 0 Å². The van der Waals surface area contributed by atoms with E-state index in [1.807, 2.05) is 13.8 Å². The zero-order chi connectivity index (χ0) is 11.6. The summed E-state index contributed by atoms with van der Waals surface area (Å²) in [5, 5.41) is 18.4. The topological polar surface area (TPSA) is 74.6 Å². The van der Waals surface area contributed by atoms with Gasteiger partial charge in [-0.2, -0.15) is 0 Å². The van der Waals surface area contributed by atoms with E-state index in [4.69, 9.17) is 0 Å². The Kier molecular flexibility index (Phi) is 1.54. The molecule has 1 atom stereocenters. The van der Waals surface area contributed by atoms with Crippen LogP contribution in [0.15, 0.2) is 11.6 Å². The van der Waals surface area contributed by atoms with Crippen molar-refractivity contribution in [3.8, 4) is 0 Å². The Bertz CT molecular complexity index is 391. The van der Waals surface area contributed by atoms with Crippen molar-refractivity contribution in [2.24, 2.45) is 16.2 Å². The monoisotopic (exact) mass is 210 g/mol. The van der Waals surface area contributed by atoms with Gasteiger partial charge in [-0.05, 0) is 11.8 Å². The van der Waals surface area contributed by atoms with Crippen molar-refractivity contribution in [2.75, 3.05) is 0 Å². The summed E-state index contributed by atoms with van der Waals surface area (Å²) in [6.45, 7) is 5.58. The normalized spacial score (nSPS) is 34.2. The summed E-state index contributed by atoms with van der Waals surface area (Å²) < 4.78 is 0. The van der Waals surface area contributed by atoms with Crippen LogP contribution in [0.1, 0.15) is 27.2 Å². The summed E-state index contributed by atoms with van der Waals surface area (Å²) in [6, 6.07) is 0. The highest BCUT2D eigenvalue weighted by molar-refractivity contribution is 6.04. The molecule has 15 heavy (non-hydrogen) atoms. The second kappa shape index (κ2) is 2.26. The number of hydrogen-bond donors (Lipinski definition) is 2. The molecular weight excluding hydrogens is 196 g/mol. The van der Waals surface area contributed by atoms with Gasteiger partial charge in [0.05, 0.1) is 0 Å². The van der Waals surface area contributed by atoms with Crippen LogP contribution in [0.5, 0.6) is 0 Å². The van der Waals surface area contributed by atoms with E-state index in [9.17, 15) is 19.8 Å². The molecule has 0 amide bonds. The molecule has 0 aromatic carbocycles. The minimum absolute atomic E-state index is 0.316. The smallest absolute Gasteiger partial charge is 0.325 e. The van der Waals surface area contributed by atoms with E-state index in [-0.39, 0.29) is 5.41 Å². The lowest BCUT2D eigenvalue weighted by Gasteiger charge is -2.54. The third-order valence-electron chi connectivity index (χ3n) is 4.66. The summed E-state index contributed by atoms with van der Waals surface area (Å²) in [4.78, 5) is 22.5. The van der Waals surface area contributed by atoms with E-state index in [1.54, 1.807) is 6.92 Å². The molecule has 1 saturated carbocycles. The predicted octanol–water partition coefficient (Wildman–Crippen LogP) is 1.52. The van der Waals surface area contributed by atoms with Crippen LogP contribution < -0.4 is 0 Å². The van der Waals surface area contributed by atoms with E-state index in [0.717, 1.165) is 5.57 Å². The van der Waals surface area contributed by atoms with Crippen molar-refractivity contribution in [3.05, 3.63) is 11.6 Å². The van der Waals surface area contributed by atoms with Crippen molar-refractivity contribution < 1.29 is 19.8 Å². The standard InChI is InChI=1S/C11H14O4/c1-9(2)6-4-10(9,3)11(5-6,7(12)13)8(14)15/h5H,4H2,1-3H3,(H,12,13)(H,14,15). The molecule has 0 aromatic heterocycles. The highest BCUT2D eigenvalue weighted by atomic mass is 16.4. The highest BCUT2D eigenvalue weighted by Crippen LogP contribution is 2.74. The van der Waals surface area contributed by atoms with Gasteiger partial charge in [0.15, 0.2) is 5.41 Å². The van der Waals surface area contributed by atoms with Crippen LogP contribution in [0.25, 0.3) is 0 Å². The van der Waals surface area contributed by atoms with Crippen molar-refractivity contribution in [3.63, 3.8) is 0 Å². The van der Waals surface area contributed by atoms with Gasteiger partial charge in [0.2, 0.25) is 0 Å². The summed E-state index contributed by atoms with van der Waals surface area (Å²) >= 11 is 0. The average molecular weight is 210 g/mol. The molecule has 3 rings (SSSR count). The molecule has 4 nitrogen and oxygen atoms in total. The second-order valence-electron chi connectivity index (χ2n) is 5.22. The zero-order valence-corrected chi connectivity index (χ0v) is 9.00. The van der Waals surface area contributed by atoms with E-state index in [0.29, 0.717) is 6.42 Å².